The van der Waals surface area contributed by atoms with E-state index in [9.17, 15) is 19.2 Å². The Hall–Kier alpha value is -3.36. The second-order valence-electron chi connectivity index (χ2n) is 7.07. The third kappa shape index (κ3) is 4.38. The summed E-state index contributed by atoms with van der Waals surface area (Å²) in [6.45, 7) is 3.73. The van der Waals surface area contributed by atoms with Gasteiger partial charge < -0.3 is 19.2 Å². The minimum atomic E-state index is -2.79. The van der Waals surface area contributed by atoms with Crippen molar-refractivity contribution in [2.45, 2.75) is 26.4 Å². The third-order valence-corrected chi connectivity index (χ3v) is 5.70. The molecule has 34 heavy (non-hydrogen) atoms. The van der Waals surface area contributed by atoms with Crippen molar-refractivity contribution < 1.29 is 33.4 Å². The molecule has 10 heteroatoms. The predicted molar refractivity (Wildman–Crippen MR) is 125 cm³/mol. The number of benzene rings is 2. The van der Waals surface area contributed by atoms with E-state index >= 15 is 0 Å². The number of hydrogen-bond donors (Lipinski definition) is 1. The molecule has 0 aliphatic rings. The van der Waals surface area contributed by atoms with Gasteiger partial charge in [-0.3, -0.25) is 9.59 Å². The first-order valence-electron chi connectivity index (χ1n) is 10.3. The number of nitrogens with one attached hydrogen (secondary N) is 1. The summed E-state index contributed by atoms with van der Waals surface area (Å²) in [6.07, 6.45) is 0. The molecule has 0 spiro atoms. The van der Waals surface area contributed by atoms with E-state index in [0.717, 1.165) is 6.92 Å². The van der Waals surface area contributed by atoms with Crippen LogP contribution in [0, 0.1) is 0 Å². The maximum atomic E-state index is 13.6. The Labute approximate surface area is 205 Å². The number of halogens is 2. The fraction of sp³-hybridized carbons (Fsp3) is 0.250. The van der Waals surface area contributed by atoms with E-state index in [0.29, 0.717) is 0 Å². The van der Waals surface area contributed by atoms with Crippen LogP contribution in [0.15, 0.2) is 42.5 Å². The van der Waals surface area contributed by atoms with Crippen LogP contribution in [0.5, 0.6) is 0 Å². The average molecular weight is 506 g/mol. The highest BCUT2D eigenvalue weighted by molar-refractivity contribution is 6.46. The van der Waals surface area contributed by atoms with Crippen molar-refractivity contribution in [3.05, 3.63) is 69.3 Å². The van der Waals surface area contributed by atoms with Crippen molar-refractivity contribution >= 4 is 57.8 Å². The van der Waals surface area contributed by atoms with E-state index in [4.69, 9.17) is 37.4 Å². The number of esters is 3. The summed E-state index contributed by atoms with van der Waals surface area (Å²) in [5.74, 6) is -4.08. The van der Waals surface area contributed by atoms with Crippen LogP contribution in [0.3, 0.4) is 0 Å². The highest BCUT2D eigenvalue weighted by atomic mass is 35.5. The highest BCUT2D eigenvalue weighted by Crippen LogP contribution is 2.43. The van der Waals surface area contributed by atoms with E-state index < -0.39 is 29.3 Å². The molecule has 0 saturated heterocycles. The molecule has 0 aliphatic heterocycles. The predicted octanol–water partition coefficient (Wildman–Crippen LogP) is 4.59. The van der Waals surface area contributed by atoms with Crippen LogP contribution in [0.1, 0.15) is 42.4 Å². The molecule has 1 heterocycles. The number of aromatic nitrogens is 1. The zero-order valence-corrected chi connectivity index (χ0v) is 20.1. The Kier molecular flexibility index (Phi) is 7.64. The van der Waals surface area contributed by atoms with E-state index in [-0.39, 0.29) is 51.0 Å². The second-order valence-corrected chi connectivity index (χ2v) is 7.86. The maximum absolute atomic E-state index is 13.6. The molecule has 3 aromatic rings. The molecule has 0 unspecified atom stereocenters. The van der Waals surface area contributed by atoms with E-state index in [2.05, 4.69) is 4.98 Å². The smallest absolute Gasteiger partial charge is 0.367 e. The molecule has 3 rings (SSSR count). The highest BCUT2D eigenvalue weighted by Gasteiger charge is 2.58. The van der Waals surface area contributed by atoms with Crippen LogP contribution in [-0.4, -0.2) is 41.9 Å². The van der Waals surface area contributed by atoms with Gasteiger partial charge in [-0.05, 0) is 26.0 Å². The van der Waals surface area contributed by atoms with Gasteiger partial charge in [-0.15, -0.1) is 0 Å². The van der Waals surface area contributed by atoms with E-state index in [1.165, 1.54) is 26.0 Å². The third-order valence-electron chi connectivity index (χ3n) is 4.89. The van der Waals surface area contributed by atoms with Crippen LogP contribution >= 0.6 is 23.2 Å². The zero-order chi connectivity index (χ0) is 25.0. The van der Waals surface area contributed by atoms with Crippen LogP contribution in [0.2, 0.25) is 10.0 Å². The Morgan fingerprint density at radius 1 is 0.912 bits per heavy atom. The number of carbonyl (C=O) groups is 4. The van der Waals surface area contributed by atoms with Gasteiger partial charge in [0.15, 0.2) is 0 Å². The molecule has 0 fully saturated rings. The van der Waals surface area contributed by atoms with Gasteiger partial charge in [0.2, 0.25) is 5.78 Å². The molecule has 1 aromatic heterocycles. The summed E-state index contributed by atoms with van der Waals surface area (Å²) in [6, 6.07) is 11.1. The van der Waals surface area contributed by atoms with Crippen LogP contribution in [0.4, 0.5) is 0 Å². The van der Waals surface area contributed by atoms with E-state index in [1.807, 2.05) is 0 Å². The van der Waals surface area contributed by atoms with Crippen LogP contribution in [0.25, 0.3) is 10.9 Å². The lowest BCUT2D eigenvalue weighted by molar-refractivity contribution is -0.197. The van der Waals surface area contributed by atoms with Crippen molar-refractivity contribution in [2.75, 3.05) is 13.2 Å². The number of aromatic amines is 1. The molecule has 2 aromatic carbocycles. The van der Waals surface area contributed by atoms with Gasteiger partial charge in [0.1, 0.15) is 0 Å². The molecule has 0 amide bonds. The molecule has 0 bridgehead atoms. The minimum Gasteiger partial charge on any atom is -0.462 e. The number of H-pyrrole nitrogens is 1. The number of hydrogen-bond acceptors (Lipinski definition) is 7. The Morgan fingerprint density at radius 2 is 1.50 bits per heavy atom. The Morgan fingerprint density at radius 3 is 2.03 bits per heavy atom. The number of rotatable bonds is 8. The first-order chi connectivity index (χ1) is 16.2. The number of fused-ring (bicyclic) bond motifs is 1. The van der Waals surface area contributed by atoms with Crippen molar-refractivity contribution in [3.63, 3.8) is 0 Å². The summed E-state index contributed by atoms with van der Waals surface area (Å²) in [5.41, 5.74) is -2.82. The zero-order valence-electron chi connectivity index (χ0n) is 18.6. The molecule has 8 nitrogen and oxygen atoms in total. The van der Waals surface area contributed by atoms with Gasteiger partial charge in [0.25, 0.3) is 0 Å². The second kappa shape index (κ2) is 10.3. The lowest BCUT2D eigenvalue weighted by Gasteiger charge is -2.29. The average Bonchev–Trinajstić information content (AvgIpc) is 3.20. The summed E-state index contributed by atoms with van der Waals surface area (Å²) < 4.78 is 15.7. The first kappa shape index (κ1) is 25.3. The molecule has 0 radical (unpaired) electrons. The van der Waals surface area contributed by atoms with Crippen molar-refractivity contribution in [1.29, 1.82) is 0 Å². The molecular weight excluding hydrogens is 485 g/mol. The Bertz CT molecular complexity index is 1250. The normalized spacial score (nSPS) is 11.2. The molecular formula is C24H21Cl2NO7. The lowest BCUT2D eigenvalue weighted by atomic mass is 9.88. The number of ketones is 1. The van der Waals surface area contributed by atoms with Gasteiger partial charge in [0, 0.05) is 23.4 Å². The standard InChI is InChI=1S/C24H21Cl2NO7/c1-4-32-22(30)24(34-13(3)28,23(31)33-5-2)18-17-16(12-11-15(25)19(17)26)27-20(18)21(29)14-9-7-6-8-10-14/h6-12,27H,4-5H2,1-3H3. The first-order valence-corrected chi connectivity index (χ1v) is 11.1. The Balaban J connectivity index is 2.51. The molecule has 0 atom stereocenters. The number of ether oxygens (including phenoxy) is 3. The van der Waals surface area contributed by atoms with Crippen molar-refractivity contribution in [1.82, 2.24) is 4.98 Å². The molecule has 0 aliphatic carbocycles. The fourth-order valence-electron chi connectivity index (χ4n) is 3.58. The van der Waals surface area contributed by atoms with Crippen LogP contribution in [-0.2, 0) is 34.2 Å². The summed E-state index contributed by atoms with van der Waals surface area (Å²) >= 11 is 12.7. The van der Waals surface area contributed by atoms with Crippen molar-refractivity contribution in [2.24, 2.45) is 0 Å². The largest absolute Gasteiger partial charge is 0.462 e. The number of carbonyl (C=O) groups excluding carboxylic acids is 4. The minimum absolute atomic E-state index is 0.0378. The molecule has 1 N–H and O–H groups in total. The topological polar surface area (TPSA) is 112 Å². The summed E-state index contributed by atoms with van der Waals surface area (Å²) in [7, 11) is 0. The van der Waals surface area contributed by atoms with Gasteiger partial charge in [-0.1, -0.05) is 53.5 Å². The lowest BCUT2D eigenvalue weighted by Crippen LogP contribution is -2.50. The molecule has 178 valence electrons. The fourth-order valence-corrected chi connectivity index (χ4v) is 4.00. The monoisotopic (exact) mass is 505 g/mol. The summed E-state index contributed by atoms with van der Waals surface area (Å²) in [5, 5.41) is 0.0519. The SMILES string of the molecule is CCOC(=O)C(OC(C)=O)(C(=O)OCC)c1c(C(=O)c2ccccc2)[nH]c2ccc(Cl)c(Cl)c12. The van der Waals surface area contributed by atoms with E-state index in [1.54, 1.807) is 30.3 Å². The quantitative estimate of drug-likeness (QED) is 0.206. The molecule has 0 saturated carbocycles. The van der Waals surface area contributed by atoms with Gasteiger partial charge in [0.05, 0.1) is 34.5 Å². The van der Waals surface area contributed by atoms with Crippen molar-refractivity contribution in [3.8, 4) is 0 Å². The van der Waals surface area contributed by atoms with Gasteiger partial charge in [-0.2, -0.15) is 0 Å². The van der Waals surface area contributed by atoms with Gasteiger partial charge in [-0.25, -0.2) is 9.59 Å². The summed E-state index contributed by atoms with van der Waals surface area (Å²) in [4.78, 5) is 55.4. The van der Waals surface area contributed by atoms with Crippen LogP contribution < -0.4 is 0 Å². The van der Waals surface area contributed by atoms with Gasteiger partial charge >= 0.3 is 23.5 Å². The maximum Gasteiger partial charge on any atom is 0.367 e.